The number of hydrogen-bond acceptors (Lipinski definition) is 4. The highest BCUT2D eigenvalue weighted by Crippen LogP contribution is 2.49. The zero-order chi connectivity index (χ0) is 26.6. The fourth-order valence-corrected chi connectivity index (χ4v) is 5.09. The smallest absolute Gasteiger partial charge is 0.407 e. The second-order valence-corrected chi connectivity index (χ2v) is 10.6. The molecule has 0 aromatic heterocycles. The predicted octanol–water partition coefficient (Wildman–Crippen LogP) is 6.30. The molecule has 4 atom stereocenters. The van der Waals surface area contributed by atoms with E-state index in [4.69, 9.17) is 9.47 Å². The third-order valence-electron chi connectivity index (χ3n) is 7.11. The van der Waals surface area contributed by atoms with Crippen molar-refractivity contribution in [1.82, 2.24) is 10.2 Å². The van der Waals surface area contributed by atoms with Crippen molar-refractivity contribution in [3.8, 4) is 5.75 Å². The summed E-state index contributed by atoms with van der Waals surface area (Å²) >= 11 is 0. The third kappa shape index (κ3) is 5.79. The number of ether oxygens (including phenoxy) is 2. The van der Waals surface area contributed by atoms with E-state index in [9.17, 15) is 9.59 Å². The molecule has 0 aliphatic carbocycles. The lowest BCUT2D eigenvalue weighted by molar-refractivity contribution is -0.166. The van der Waals surface area contributed by atoms with Gasteiger partial charge in [0.25, 0.3) is 0 Å². The number of benzene rings is 3. The van der Waals surface area contributed by atoms with Crippen LogP contribution in [0.3, 0.4) is 0 Å². The maximum absolute atomic E-state index is 13.8. The van der Waals surface area contributed by atoms with E-state index in [0.717, 1.165) is 22.4 Å². The van der Waals surface area contributed by atoms with Crippen LogP contribution in [-0.4, -0.2) is 30.1 Å². The van der Waals surface area contributed by atoms with Crippen LogP contribution in [0.4, 0.5) is 4.79 Å². The zero-order valence-electron chi connectivity index (χ0n) is 22.2. The molecule has 1 aliphatic rings. The minimum Gasteiger partial charge on any atom is -0.497 e. The summed E-state index contributed by atoms with van der Waals surface area (Å²) in [5, 5.41) is 3.05. The molecule has 1 aliphatic heterocycles. The first-order valence-corrected chi connectivity index (χ1v) is 12.7. The van der Waals surface area contributed by atoms with Gasteiger partial charge in [-0.3, -0.25) is 4.79 Å². The Morgan fingerprint density at radius 3 is 2.11 bits per heavy atom. The highest BCUT2D eigenvalue weighted by Gasteiger charge is 2.56. The van der Waals surface area contributed by atoms with Crippen LogP contribution < -0.4 is 10.1 Å². The first-order valence-electron chi connectivity index (χ1n) is 12.7. The molecule has 6 heteroatoms. The molecule has 0 bridgehead atoms. The summed E-state index contributed by atoms with van der Waals surface area (Å²) in [6.45, 7) is 8.34. The van der Waals surface area contributed by atoms with Gasteiger partial charge in [0.1, 0.15) is 12.4 Å². The maximum Gasteiger partial charge on any atom is 0.407 e. The first kappa shape index (κ1) is 26.3. The first-order chi connectivity index (χ1) is 17.7. The predicted molar refractivity (Wildman–Crippen MR) is 144 cm³/mol. The van der Waals surface area contributed by atoms with Gasteiger partial charge in [-0.1, -0.05) is 93.6 Å². The summed E-state index contributed by atoms with van der Waals surface area (Å²) < 4.78 is 10.8. The van der Waals surface area contributed by atoms with Gasteiger partial charge in [-0.2, -0.15) is 0 Å². The monoisotopic (exact) mass is 500 g/mol. The van der Waals surface area contributed by atoms with Crippen LogP contribution >= 0.6 is 0 Å². The standard InChI is InChI=1S/C31H36N2O4/c1-21(23-16-18-25(36-5)19-17-23)33-27(24-14-10-7-11-15-24)26(29(33)34)28(31(2,3)4)32-30(35)37-20-22-12-8-6-9-13-22/h6-19,21,26-28H,20H2,1-5H3,(H,32,35)/t21-,26-,27+,28-/m1/s1. The molecule has 1 heterocycles. The van der Waals surface area contributed by atoms with Gasteiger partial charge in [0.2, 0.25) is 5.91 Å². The number of amides is 2. The van der Waals surface area contributed by atoms with E-state index in [1.165, 1.54) is 0 Å². The summed E-state index contributed by atoms with van der Waals surface area (Å²) in [6, 6.07) is 26.6. The van der Waals surface area contributed by atoms with Gasteiger partial charge in [-0.15, -0.1) is 0 Å². The van der Waals surface area contributed by atoms with E-state index in [1.807, 2.05) is 118 Å². The molecule has 0 radical (unpaired) electrons. The van der Waals surface area contributed by atoms with Crippen molar-refractivity contribution >= 4 is 12.0 Å². The van der Waals surface area contributed by atoms with Crippen LogP contribution in [0, 0.1) is 11.3 Å². The van der Waals surface area contributed by atoms with Crippen molar-refractivity contribution in [2.24, 2.45) is 11.3 Å². The molecule has 2 amide bonds. The molecule has 194 valence electrons. The summed E-state index contributed by atoms with van der Waals surface area (Å²) in [7, 11) is 1.64. The van der Waals surface area contributed by atoms with Crippen molar-refractivity contribution in [3.05, 3.63) is 102 Å². The van der Waals surface area contributed by atoms with Crippen LogP contribution in [0.15, 0.2) is 84.9 Å². The number of β-lactam (4-membered cyclic amide) rings is 1. The Balaban J connectivity index is 1.59. The molecule has 0 spiro atoms. The molecule has 1 fully saturated rings. The molecule has 0 unspecified atom stereocenters. The van der Waals surface area contributed by atoms with Gasteiger partial charge < -0.3 is 19.7 Å². The number of carbonyl (C=O) groups excluding carboxylic acids is 2. The van der Waals surface area contributed by atoms with Crippen LogP contribution in [0.25, 0.3) is 0 Å². The maximum atomic E-state index is 13.8. The van der Waals surface area contributed by atoms with Gasteiger partial charge in [0.15, 0.2) is 0 Å². The second-order valence-electron chi connectivity index (χ2n) is 10.6. The number of rotatable bonds is 8. The molecule has 1 N–H and O–H groups in total. The van der Waals surface area contributed by atoms with Gasteiger partial charge in [-0.25, -0.2) is 4.79 Å². The second kappa shape index (κ2) is 11.1. The van der Waals surface area contributed by atoms with E-state index < -0.39 is 18.1 Å². The molecule has 0 saturated carbocycles. The van der Waals surface area contributed by atoms with Gasteiger partial charge in [0, 0.05) is 0 Å². The van der Waals surface area contributed by atoms with Gasteiger partial charge >= 0.3 is 6.09 Å². The summed E-state index contributed by atoms with van der Waals surface area (Å²) in [6.07, 6.45) is -0.523. The Kier molecular flexibility index (Phi) is 7.86. The van der Waals surface area contributed by atoms with E-state index >= 15 is 0 Å². The Morgan fingerprint density at radius 1 is 0.946 bits per heavy atom. The SMILES string of the molecule is COc1ccc([C@@H](C)N2C(=O)[C@@H]([C@@H](NC(=O)OCc3ccccc3)C(C)(C)C)[C@@H]2c2ccccc2)cc1. The number of alkyl carbamates (subject to hydrolysis) is 1. The summed E-state index contributed by atoms with van der Waals surface area (Å²) in [4.78, 5) is 28.7. The van der Waals surface area contributed by atoms with Gasteiger partial charge in [-0.05, 0) is 41.2 Å². The molecule has 37 heavy (non-hydrogen) atoms. The molecule has 3 aromatic carbocycles. The van der Waals surface area contributed by atoms with Crippen molar-refractivity contribution in [2.75, 3.05) is 7.11 Å². The van der Waals surface area contributed by atoms with E-state index in [-0.39, 0.29) is 30.0 Å². The van der Waals surface area contributed by atoms with E-state index in [2.05, 4.69) is 5.32 Å². The Hall–Kier alpha value is -3.80. The normalized spacial score (nSPS) is 18.9. The van der Waals surface area contributed by atoms with Crippen molar-refractivity contribution in [2.45, 2.75) is 52.4 Å². The largest absolute Gasteiger partial charge is 0.497 e. The van der Waals surface area contributed by atoms with Crippen LogP contribution in [-0.2, 0) is 16.1 Å². The van der Waals surface area contributed by atoms with E-state index in [0.29, 0.717) is 0 Å². The number of methoxy groups -OCH3 is 1. The highest BCUT2D eigenvalue weighted by atomic mass is 16.5. The number of hydrogen-bond donors (Lipinski definition) is 1. The fourth-order valence-electron chi connectivity index (χ4n) is 5.09. The highest BCUT2D eigenvalue weighted by molar-refractivity contribution is 5.88. The fraction of sp³-hybridized carbons (Fsp3) is 0.355. The lowest BCUT2D eigenvalue weighted by atomic mass is 9.68. The average Bonchev–Trinajstić information content (AvgIpc) is 2.90. The van der Waals surface area contributed by atoms with Crippen LogP contribution in [0.5, 0.6) is 5.75 Å². The topological polar surface area (TPSA) is 67.9 Å². The van der Waals surface area contributed by atoms with Crippen LogP contribution in [0.2, 0.25) is 0 Å². The molecular formula is C31H36N2O4. The number of likely N-dealkylation sites (tertiary alicyclic amines) is 1. The quantitative estimate of drug-likeness (QED) is 0.369. The minimum absolute atomic E-state index is 0.0143. The summed E-state index contributed by atoms with van der Waals surface area (Å²) in [5.41, 5.74) is 2.60. The Morgan fingerprint density at radius 2 is 1.54 bits per heavy atom. The molecule has 3 aromatic rings. The number of nitrogens with zero attached hydrogens (tertiary/aromatic N) is 1. The molecule has 6 nitrogen and oxygen atoms in total. The number of nitrogens with one attached hydrogen (secondary N) is 1. The third-order valence-corrected chi connectivity index (χ3v) is 7.11. The lowest BCUT2D eigenvalue weighted by Crippen LogP contribution is -2.65. The molecular weight excluding hydrogens is 464 g/mol. The average molecular weight is 501 g/mol. The van der Waals surface area contributed by atoms with Crippen LogP contribution in [0.1, 0.15) is 56.5 Å². The van der Waals surface area contributed by atoms with Crippen molar-refractivity contribution < 1.29 is 19.1 Å². The van der Waals surface area contributed by atoms with Gasteiger partial charge in [0.05, 0.1) is 31.2 Å². The minimum atomic E-state index is -0.523. The van der Waals surface area contributed by atoms with Crippen molar-refractivity contribution in [1.29, 1.82) is 0 Å². The summed E-state index contributed by atoms with van der Waals surface area (Å²) in [5.74, 6) is 0.363. The number of carbonyl (C=O) groups is 2. The zero-order valence-corrected chi connectivity index (χ0v) is 22.2. The van der Waals surface area contributed by atoms with Crippen molar-refractivity contribution in [3.63, 3.8) is 0 Å². The molecule has 1 saturated heterocycles. The molecule has 4 rings (SSSR count). The Bertz CT molecular complexity index is 1190. The lowest BCUT2D eigenvalue weighted by Gasteiger charge is -2.55. The Labute approximate surface area is 219 Å². The van der Waals surface area contributed by atoms with E-state index in [1.54, 1.807) is 7.11 Å².